The number of cyclic esters (lactones) is 1. The lowest BCUT2D eigenvalue weighted by atomic mass is 9.59. The minimum absolute atomic E-state index is 0.0727. The first-order valence-corrected chi connectivity index (χ1v) is 12.2. The molecule has 0 aromatic heterocycles. The number of carbonyl (C=O) groups excluding carboxylic acids is 3. The average molecular weight is 453 g/mol. The van der Waals surface area contributed by atoms with Crippen molar-refractivity contribution in [2.24, 2.45) is 34.0 Å². The van der Waals surface area contributed by atoms with Gasteiger partial charge in [0.25, 0.3) is 0 Å². The molecule has 6 heteroatoms. The minimum atomic E-state index is -0.706. The van der Waals surface area contributed by atoms with Crippen LogP contribution in [-0.2, 0) is 28.6 Å². The molecule has 0 aromatic carbocycles. The van der Waals surface area contributed by atoms with E-state index in [-0.39, 0.29) is 34.6 Å². The smallest absolute Gasteiger partial charge is 0.344 e. The van der Waals surface area contributed by atoms with Crippen LogP contribution in [0.1, 0.15) is 94.4 Å². The van der Waals surface area contributed by atoms with E-state index in [4.69, 9.17) is 14.2 Å². The second-order valence-corrected chi connectivity index (χ2v) is 12.4. The van der Waals surface area contributed by atoms with E-state index in [2.05, 4.69) is 27.7 Å². The van der Waals surface area contributed by atoms with Crippen LogP contribution in [-0.4, -0.2) is 36.7 Å². The van der Waals surface area contributed by atoms with Crippen molar-refractivity contribution in [2.75, 3.05) is 6.61 Å². The van der Waals surface area contributed by atoms with E-state index in [9.17, 15) is 14.4 Å². The Morgan fingerprint density at radius 1 is 1.03 bits per heavy atom. The van der Waals surface area contributed by atoms with Crippen LogP contribution in [0.25, 0.3) is 0 Å². The molecule has 2 fully saturated rings. The van der Waals surface area contributed by atoms with Crippen molar-refractivity contribution >= 4 is 17.9 Å². The first-order valence-electron chi connectivity index (χ1n) is 12.2. The fourth-order valence-electron chi connectivity index (χ4n) is 5.84. The van der Waals surface area contributed by atoms with Gasteiger partial charge in [-0.05, 0) is 55.8 Å². The van der Waals surface area contributed by atoms with E-state index in [0.29, 0.717) is 25.2 Å². The second-order valence-electron chi connectivity index (χ2n) is 12.4. The molecule has 2 aliphatic rings. The standard InChI is InChI=1S/C26H44O6/c1-10-26(25(7,8)9,15-24(4,5)6)23(29)30-14-20(27)32-21-17(3)31-22(28)19-12-16(2)11-18(21)13-19/h16-19,21H,10-15H2,1-9H3. The zero-order valence-electron chi connectivity index (χ0n) is 21.6. The zero-order valence-corrected chi connectivity index (χ0v) is 21.6. The molecular weight excluding hydrogens is 408 g/mol. The maximum atomic E-state index is 13.3. The summed E-state index contributed by atoms with van der Waals surface area (Å²) in [7, 11) is 0. The highest BCUT2D eigenvalue weighted by Crippen LogP contribution is 2.50. The van der Waals surface area contributed by atoms with E-state index in [1.54, 1.807) is 6.92 Å². The van der Waals surface area contributed by atoms with Gasteiger partial charge in [0.05, 0.1) is 11.3 Å². The number of esters is 3. The summed E-state index contributed by atoms with van der Waals surface area (Å²) in [5, 5.41) is 0. The number of ether oxygens (including phenoxy) is 3. The third-order valence-corrected chi connectivity index (χ3v) is 7.39. The lowest BCUT2D eigenvalue weighted by Crippen LogP contribution is -2.47. The molecular formula is C26H44O6. The monoisotopic (exact) mass is 452 g/mol. The number of hydrogen-bond donors (Lipinski definition) is 0. The van der Waals surface area contributed by atoms with Crippen LogP contribution >= 0.6 is 0 Å². The van der Waals surface area contributed by atoms with Crippen molar-refractivity contribution in [1.29, 1.82) is 0 Å². The Morgan fingerprint density at radius 3 is 2.19 bits per heavy atom. The number of fused-ring (bicyclic) bond motifs is 2. The normalized spacial score (nSPS) is 30.5. The van der Waals surface area contributed by atoms with Gasteiger partial charge >= 0.3 is 17.9 Å². The van der Waals surface area contributed by atoms with Crippen LogP contribution in [0.2, 0.25) is 0 Å². The van der Waals surface area contributed by atoms with E-state index >= 15 is 0 Å². The third-order valence-electron chi connectivity index (χ3n) is 7.39. The molecule has 1 saturated carbocycles. The molecule has 6 nitrogen and oxygen atoms in total. The summed E-state index contributed by atoms with van der Waals surface area (Å²) in [5.41, 5.74) is -1.10. The third kappa shape index (κ3) is 6.05. The molecule has 0 spiro atoms. The van der Waals surface area contributed by atoms with E-state index in [0.717, 1.165) is 12.8 Å². The fraction of sp³-hybridized carbons (Fsp3) is 0.885. The summed E-state index contributed by atoms with van der Waals surface area (Å²) in [5.74, 6) is -0.801. The largest absolute Gasteiger partial charge is 0.458 e. The lowest BCUT2D eigenvalue weighted by molar-refractivity contribution is -0.180. The molecule has 0 aromatic rings. The molecule has 0 radical (unpaired) electrons. The quantitative estimate of drug-likeness (QED) is 0.401. The van der Waals surface area contributed by atoms with Gasteiger partial charge in [0.2, 0.25) is 0 Å². The van der Waals surface area contributed by atoms with Gasteiger partial charge in [-0.3, -0.25) is 9.59 Å². The highest BCUT2D eigenvalue weighted by molar-refractivity contribution is 5.81. The Morgan fingerprint density at radius 2 is 1.66 bits per heavy atom. The summed E-state index contributed by atoms with van der Waals surface area (Å²) in [6.45, 7) is 17.9. The molecule has 0 amide bonds. The van der Waals surface area contributed by atoms with E-state index in [1.165, 1.54) is 0 Å². The zero-order chi connectivity index (χ0) is 24.5. The molecule has 1 aliphatic carbocycles. The molecule has 1 saturated heterocycles. The van der Waals surface area contributed by atoms with Crippen LogP contribution in [0.4, 0.5) is 0 Å². The summed E-state index contributed by atoms with van der Waals surface area (Å²) in [4.78, 5) is 38.4. The summed E-state index contributed by atoms with van der Waals surface area (Å²) >= 11 is 0. The van der Waals surface area contributed by atoms with Crippen molar-refractivity contribution in [3.8, 4) is 0 Å². The molecule has 6 unspecified atom stereocenters. The fourth-order valence-corrected chi connectivity index (χ4v) is 5.84. The number of rotatable bonds is 6. The first kappa shape index (κ1) is 26.7. The van der Waals surface area contributed by atoms with E-state index in [1.807, 2.05) is 27.7 Å². The predicted octanol–water partition coefficient (Wildman–Crippen LogP) is 5.32. The number of hydrogen-bond acceptors (Lipinski definition) is 6. The van der Waals surface area contributed by atoms with Crippen LogP contribution in [0, 0.1) is 34.0 Å². The van der Waals surface area contributed by atoms with Gasteiger partial charge in [0.1, 0.15) is 12.2 Å². The minimum Gasteiger partial charge on any atom is -0.458 e. The van der Waals surface area contributed by atoms with Crippen LogP contribution in [0.15, 0.2) is 0 Å². The highest BCUT2D eigenvalue weighted by Gasteiger charge is 2.50. The topological polar surface area (TPSA) is 78.9 Å². The first-order chi connectivity index (χ1) is 14.6. The average Bonchev–Trinajstić information content (AvgIpc) is 2.72. The Labute approximate surface area is 194 Å². The van der Waals surface area contributed by atoms with Crippen LogP contribution in [0.3, 0.4) is 0 Å². The van der Waals surface area contributed by atoms with E-state index < -0.39 is 30.2 Å². The maximum Gasteiger partial charge on any atom is 0.344 e. The molecule has 184 valence electrons. The maximum absolute atomic E-state index is 13.3. The predicted molar refractivity (Wildman–Crippen MR) is 123 cm³/mol. The van der Waals surface area contributed by atoms with Crippen molar-refractivity contribution < 1.29 is 28.6 Å². The SMILES string of the molecule is CCC(CC(C)(C)C)(C(=O)OCC(=O)OC1C2CC(C)CC(C2)C(=O)OC1C)C(C)(C)C. The van der Waals surface area contributed by atoms with Gasteiger partial charge in [-0.2, -0.15) is 0 Å². The summed E-state index contributed by atoms with van der Waals surface area (Å²) < 4.78 is 16.9. The van der Waals surface area contributed by atoms with Crippen molar-refractivity contribution in [1.82, 2.24) is 0 Å². The highest BCUT2D eigenvalue weighted by atomic mass is 16.6. The van der Waals surface area contributed by atoms with Crippen LogP contribution < -0.4 is 0 Å². The van der Waals surface area contributed by atoms with Gasteiger partial charge in [-0.25, -0.2) is 4.79 Å². The van der Waals surface area contributed by atoms with Gasteiger partial charge in [-0.15, -0.1) is 0 Å². The van der Waals surface area contributed by atoms with Gasteiger partial charge in [0, 0.05) is 5.92 Å². The summed E-state index contributed by atoms with van der Waals surface area (Å²) in [6, 6.07) is 0. The molecule has 2 rings (SSSR count). The van der Waals surface area contributed by atoms with Crippen molar-refractivity contribution in [2.45, 2.75) is 107 Å². The van der Waals surface area contributed by atoms with Crippen molar-refractivity contribution in [3.63, 3.8) is 0 Å². The van der Waals surface area contributed by atoms with Gasteiger partial charge in [0.15, 0.2) is 6.61 Å². The number of carbonyl (C=O) groups is 3. The molecule has 32 heavy (non-hydrogen) atoms. The molecule has 6 atom stereocenters. The molecule has 1 aliphatic heterocycles. The summed E-state index contributed by atoms with van der Waals surface area (Å²) in [6.07, 6.45) is 2.66. The Balaban J connectivity index is 2.08. The second kappa shape index (κ2) is 9.72. The van der Waals surface area contributed by atoms with Crippen LogP contribution in [0.5, 0.6) is 0 Å². The van der Waals surface area contributed by atoms with Gasteiger partial charge < -0.3 is 14.2 Å². The lowest BCUT2D eigenvalue weighted by Gasteiger charge is -2.45. The molecule has 0 N–H and O–H groups in total. The van der Waals surface area contributed by atoms with Crippen molar-refractivity contribution in [3.05, 3.63) is 0 Å². The Hall–Kier alpha value is -1.59. The molecule has 1 heterocycles. The Bertz CT molecular complexity index is 700. The Kier molecular flexibility index (Phi) is 8.10. The molecule has 2 bridgehead atoms. The van der Waals surface area contributed by atoms with Gasteiger partial charge in [-0.1, -0.05) is 55.4 Å².